The Morgan fingerprint density at radius 2 is 0.592 bits per heavy atom. The predicted molar refractivity (Wildman–Crippen MR) is 223 cm³/mol. The molecular formula is C44H93B2F3. The maximum atomic E-state index is 8.00. The average Bonchev–Trinajstić information content (AvgIpc) is 3.76. The van der Waals surface area contributed by atoms with Crippen molar-refractivity contribution in [2.75, 3.05) is 0 Å². The monoisotopic (exact) mass is 701 g/mol. The smallest absolute Gasteiger partial charge is 0 e. The highest BCUT2D eigenvalue weighted by molar-refractivity contribution is 5.76. The summed E-state index contributed by atoms with van der Waals surface area (Å²) in [5.74, 6) is 12.8. The third-order valence-corrected chi connectivity index (χ3v) is 13.0. The molecule has 0 bridgehead atoms. The fraction of sp³-hybridized carbons (Fsp3) is 1.00. The van der Waals surface area contributed by atoms with E-state index in [1.165, 1.54) is 64.2 Å². The molecule has 49 heavy (non-hydrogen) atoms. The fourth-order valence-corrected chi connectivity index (χ4v) is 11.1. The number of hydrogen-bond acceptors (Lipinski definition) is 0. The molecule has 0 aromatic rings. The lowest BCUT2D eigenvalue weighted by Crippen LogP contribution is -2.33. The number of halogens is 3. The molecule has 0 amide bonds. The van der Waals surface area contributed by atoms with Crippen LogP contribution in [0.4, 0.5) is 13.9 Å². The van der Waals surface area contributed by atoms with Gasteiger partial charge in [-0.1, -0.05) is 168 Å². The van der Waals surface area contributed by atoms with E-state index in [2.05, 4.69) is 41.5 Å². The van der Waals surface area contributed by atoms with E-state index in [-0.39, 0.29) is 30.4 Å². The van der Waals surface area contributed by atoms with E-state index in [0.717, 1.165) is 71.0 Å². The Morgan fingerprint density at radius 1 is 0.367 bits per heavy atom. The standard InChI is InChI=1S/C13H24.2C12H22.3C2H6.CH4.2B.F2.FH.H2/c1-10(2)12-9-5-7-11-6-3-4-8-13(11)12;1-9(2)11-7-3-5-10-6-4-8-12(10)11;1-9(2)11-8-7-10-5-3-4-6-12(10)11;3*1-2;;;;1-2;;/h10-13H,3-9H2,1-2H3;2*9-12H,3-8H2,1-2H3;3*1-2H3;1H4;;;;2*1H. The molecule has 0 nitrogen and oxygen atoms in total. The second-order valence-corrected chi connectivity index (χ2v) is 15.9. The molecule has 296 valence electrons. The second-order valence-electron chi connectivity index (χ2n) is 15.9. The summed E-state index contributed by atoms with van der Waals surface area (Å²) in [6.45, 7) is 26.5. The summed E-state index contributed by atoms with van der Waals surface area (Å²) in [6.07, 6.45) is 29.2. The maximum absolute atomic E-state index is 8.00. The van der Waals surface area contributed by atoms with Gasteiger partial charge in [-0.15, -0.1) is 0 Å². The molecular weight excluding hydrogens is 607 g/mol. The molecule has 6 radical (unpaired) electrons. The lowest BCUT2D eigenvalue weighted by Gasteiger charge is -2.43. The van der Waals surface area contributed by atoms with Crippen molar-refractivity contribution in [2.24, 2.45) is 71.0 Å². The number of fused-ring (bicyclic) bond motifs is 3. The minimum absolute atomic E-state index is 0. The summed E-state index contributed by atoms with van der Waals surface area (Å²) < 4.78 is 16.0. The molecule has 9 atom stereocenters. The van der Waals surface area contributed by atoms with E-state index < -0.39 is 0 Å². The van der Waals surface area contributed by atoms with Crippen molar-refractivity contribution in [1.29, 1.82) is 0 Å². The van der Waals surface area contributed by atoms with Crippen LogP contribution >= 0.6 is 0 Å². The predicted octanol–water partition coefficient (Wildman–Crippen LogP) is 16.2. The van der Waals surface area contributed by atoms with Crippen LogP contribution in [0.5, 0.6) is 0 Å². The van der Waals surface area contributed by atoms with Crippen molar-refractivity contribution in [3.8, 4) is 0 Å². The summed E-state index contributed by atoms with van der Waals surface area (Å²) in [7, 11) is 0. The third kappa shape index (κ3) is 19.0. The first-order valence-electron chi connectivity index (χ1n) is 21.0. The quantitative estimate of drug-likeness (QED) is 0.257. The molecule has 0 aromatic heterocycles. The van der Waals surface area contributed by atoms with Gasteiger partial charge in [-0.25, -0.2) is 0 Å². The minimum atomic E-state index is 0. The Kier molecular flexibility index (Phi) is 41.6. The van der Waals surface area contributed by atoms with Crippen LogP contribution in [0.2, 0.25) is 0 Å². The SMILES string of the molecule is C.CC.CC.CC.CC(C)C1CCC2CCCCC21.CC(C)C1CCCC2CCCC21.CC(C)C1CCCC2CCCCC21.F.FF.[B].[B].[HH]. The van der Waals surface area contributed by atoms with E-state index in [1.807, 2.05) is 41.5 Å². The summed E-state index contributed by atoms with van der Waals surface area (Å²) in [4.78, 5) is 0. The molecule has 6 fully saturated rings. The first-order valence-corrected chi connectivity index (χ1v) is 21.0. The molecule has 0 spiro atoms. The zero-order chi connectivity index (χ0) is 34.4. The van der Waals surface area contributed by atoms with Gasteiger partial charge in [-0.2, -0.15) is 0 Å². The average molecular weight is 701 g/mol. The van der Waals surface area contributed by atoms with Crippen LogP contribution in [-0.2, 0) is 0 Å². The summed E-state index contributed by atoms with van der Waals surface area (Å²) in [6, 6.07) is 0. The normalized spacial score (nSPS) is 31.7. The van der Waals surface area contributed by atoms with Gasteiger partial charge in [0.05, 0.1) is 0 Å². The largest absolute Gasteiger partial charge is 0.269 e. The minimum Gasteiger partial charge on any atom is -0.269 e. The molecule has 0 N–H and O–H groups in total. The van der Waals surface area contributed by atoms with Gasteiger partial charge in [-0.05, 0) is 116 Å². The Balaban J connectivity index is -0.000000126. The highest BCUT2D eigenvalue weighted by Gasteiger charge is 2.39. The van der Waals surface area contributed by atoms with Crippen molar-refractivity contribution < 1.29 is 15.3 Å². The number of rotatable bonds is 3. The van der Waals surface area contributed by atoms with Gasteiger partial charge in [-0.3, -0.25) is 4.70 Å². The molecule has 6 aliphatic rings. The first-order chi connectivity index (χ1) is 21.9. The Labute approximate surface area is 314 Å². The molecule has 0 aromatic carbocycles. The van der Waals surface area contributed by atoms with Crippen LogP contribution in [0, 0.1) is 71.0 Å². The lowest BCUT2D eigenvalue weighted by molar-refractivity contribution is 0.0747. The van der Waals surface area contributed by atoms with Gasteiger partial charge in [0, 0.05) is 27.4 Å². The Morgan fingerprint density at radius 3 is 0.918 bits per heavy atom. The molecule has 6 rings (SSSR count). The van der Waals surface area contributed by atoms with Gasteiger partial charge >= 0.3 is 0 Å². The highest BCUT2D eigenvalue weighted by atomic mass is 20.0. The van der Waals surface area contributed by atoms with Gasteiger partial charge in [0.25, 0.3) is 0 Å². The van der Waals surface area contributed by atoms with Crippen molar-refractivity contribution in [2.45, 2.75) is 213 Å². The molecule has 9 unspecified atom stereocenters. The van der Waals surface area contributed by atoms with Crippen LogP contribution in [0.1, 0.15) is 214 Å². The Hall–Kier alpha value is -0.0801. The third-order valence-electron chi connectivity index (χ3n) is 13.0. The zero-order valence-electron chi connectivity index (χ0n) is 34.7. The van der Waals surface area contributed by atoms with Gasteiger partial charge in [0.15, 0.2) is 0 Å². The summed E-state index contributed by atoms with van der Waals surface area (Å²) in [5.41, 5.74) is 0. The van der Waals surface area contributed by atoms with Crippen LogP contribution in [-0.4, -0.2) is 16.8 Å². The lowest BCUT2D eigenvalue weighted by atomic mass is 9.63. The van der Waals surface area contributed by atoms with E-state index in [1.54, 1.807) is 57.8 Å². The van der Waals surface area contributed by atoms with Crippen molar-refractivity contribution >= 4 is 16.8 Å². The van der Waals surface area contributed by atoms with E-state index in [4.69, 9.17) is 9.15 Å². The molecule has 6 aliphatic carbocycles. The van der Waals surface area contributed by atoms with E-state index >= 15 is 0 Å². The number of hydrogen-bond donors (Lipinski definition) is 0. The maximum Gasteiger partial charge on any atom is 0 e. The molecule has 6 saturated carbocycles. The molecule has 5 heteroatoms. The Bertz CT molecular complexity index is 661. The van der Waals surface area contributed by atoms with Crippen LogP contribution in [0.3, 0.4) is 0 Å². The van der Waals surface area contributed by atoms with Crippen molar-refractivity contribution in [1.82, 2.24) is 0 Å². The van der Waals surface area contributed by atoms with Gasteiger partial charge in [0.2, 0.25) is 0 Å². The summed E-state index contributed by atoms with van der Waals surface area (Å²) >= 11 is 0. The zero-order valence-corrected chi connectivity index (χ0v) is 34.7. The van der Waals surface area contributed by atoms with E-state index in [9.17, 15) is 0 Å². The topological polar surface area (TPSA) is 0 Å². The highest BCUT2D eigenvalue weighted by Crippen LogP contribution is 2.49. The second kappa shape index (κ2) is 35.0. The molecule has 0 aliphatic heterocycles. The van der Waals surface area contributed by atoms with Crippen molar-refractivity contribution in [3.63, 3.8) is 0 Å². The van der Waals surface area contributed by atoms with Crippen LogP contribution in [0.25, 0.3) is 0 Å². The fourth-order valence-electron chi connectivity index (χ4n) is 11.1. The van der Waals surface area contributed by atoms with E-state index in [0.29, 0.717) is 0 Å². The molecule has 0 saturated heterocycles. The molecule has 0 heterocycles. The summed E-state index contributed by atoms with van der Waals surface area (Å²) in [5, 5.41) is 0. The van der Waals surface area contributed by atoms with Gasteiger partial charge in [0.1, 0.15) is 0 Å². The van der Waals surface area contributed by atoms with Gasteiger partial charge < -0.3 is 0 Å². The van der Waals surface area contributed by atoms with Crippen molar-refractivity contribution in [3.05, 3.63) is 0 Å². The van der Waals surface area contributed by atoms with Crippen LogP contribution in [0.15, 0.2) is 0 Å². The first kappa shape index (κ1) is 58.2. The van der Waals surface area contributed by atoms with Crippen LogP contribution < -0.4 is 0 Å².